The third-order valence-corrected chi connectivity index (χ3v) is 5.47. The topological polar surface area (TPSA) is 3.24 Å². The average molecular weight is 288 g/mol. The predicted octanol–water partition coefficient (Wildman–Crippen LogP) is 4.24. The van der Waals surface area contributed by atoms with Gasteiger partial charge in [0.1, 0.15) is 0 Å². The Labute approximate surface area is 127 Å². The van der Waals surface area contributed by atoms with E-state index in [0.717, 1.165) is 12.0 Å². The highest BCUT2D eigenvalue weighted by Crippen LogP contribution is 2.65. The van der Waals surface area contributed by atoms with Gasteiger partial charge in [0, 0.05) is 11.5 Å². The van der Waals surface area contributed by atoms with Crippen molar-refractivity contribution in [1.82, 2.24) is 4.90 Å². The summed E-state index contributed by atoms with van der Waals surface area (Å²) in [4.78, 5) is 2.43. The fourth-order valence-corrected chi connectivity index (χ4v) is 4.33. The Balaban J connectivity index is 0.00000121. The number of hydrogen-bond acceptors (Lipinski definition) is 1. The number of nitrogens with zero attached hydrogens (tertiary/aromatic N) is 1. The SMILES string of the molecule is CN(C)C1CCC2(c3ccc4ccccc4c3)CC12.Cl. The van der Waals surface area contributed by atoms with Gasteiger partial charge in [-0.25, -0.2) is 0 Å². The second kappa shape index (κ2) is 4.75. The van der Waals surface area contributed by atoms with Crippen LogP contribution in [0.1, 0.15) is 24.8 Å². The van der Waals surface area contributed by atoms with Crippen molar-refractivity contribution in [1.29, 1.82) is 0 Å². The molecular weight excluding hydrogens is 266 g/mol. The molecule has 0 heterocycles. The van der Waals surface area contributed by atoms with Crippen LogP contribution in [0.5, 0.6) is 0 Å². The molecule has 2 aliphatic rings. The fraction of sp³-hybridized carbons (Fsp3) is 0.444. The van der Waals surface area contributed by atoms with E-state index in [-0.39, 0.29) is 12.4 Å². The molecule has 0 aromatic heterocycles. The molecule has 0 N–H and O–H groups in total. The summed E-state index contributed by atoms with van der Waals surface area (Å²) in [6.45, 7) is 0. The molecule has 106 valence electrons. The molecule has 0 saturated heterocycles. The van der Waals surface area contributed by atoms with Gasteiger partial charge in [-0.05, 0) is 55.6 Å². The summed E-state index contributed by atoms with van der Waals surface area (Å²) in [6.07, 6.45) is 4.14. The zero-order chi connectivity index (χ0) is 13.0. The van der Waals surface area contributed by atoms with Crippen molar-refractivity contribution in [3.63, 3.8) is 0 Å². The number of fused-ring (bicyclic) bond motifs is 2. The van der Waals surface area contributed by atoms with Crippen molar-refractivity contribution in [2.24, 2.45) is 5.92 Å². The molecule has 3 atom stereocenters. The van der Waals surface area contributed by atoms with Gasteiger partial charge >= 0.3 is 0 Å². The molecule has 2 heteroatoms. The number of halogens is 1. The molecular formula is C18H22ClN. The van der Waals surface area contributed by atoms with E-state index in [1.165, 1.54) is 30.0 Å². The highest BCUT2D eigenvalue weighted by atomic mass is 35.5. The van der Waals surface area contributed by atoms with E-state index in [2.05, 4.69) is 61.5 Å². The van der Waals surface area contributed by atoms with Gasteiger partial charge in [0.05, 0.1) is 0 Å². The standard InChI is InChI=1S/C18H21N.ClH/c1-19(2)17-9-10-18(12-16(17)18)15-8-7-13-5-3-4-6-14(13)11-15;/h3-8,11,16-17H,9-10,12H2,1-2H3;1H. The lowest BCUT2D eigenvalue weighted by Gasteiger charge is -2.19. The van der Waals surface area contributed by atoms with Crippen molar-refractivity contribution >= 4 is 23.2 Å². The monoisotopic (exact) mass is 287 g/mol. The van der Waals surface area contributed by atoms with Crippen molar-refractivity contribution in [3.05, 3.63) is 48.0 Å². The van der Waals surface area contributed by atoms with Crippen molar-refractivity contribution in [2.75, 3.05) is 14.1 Å². The van der Waals surface area contributed by atoms with Gasteiger partial charge in [0.2, 0.25) is 0 Å². The number of hydrogen-bond donors (Lipinski definition) is 0. The number of rotatable bonds is 2. The minimum absolute atomic E-state index is 0. The Morgan fingerprint density at radius 2 is 1.80 bits per heavy atom. The van der Waals surface area contributed by atoms with Gasteiger partial charge < -0.3 is 4.90 Å². The molecule has 0 radical (unpaired) electrons. The van der Waals surface area contributed by atoms with Crippen LogP contribution in [0, 0.1) is 5.92 Å². The quantitative estimate of drug-likeness (QED) is 0.798. The Bertz CT molecular complexity index is 636. The Kier molecular flexibility index (Phi) is 3.30. The molecule has 2 fully saturated rings. The van der Waals surface area contributed by atoms with Crippen molar-refractivity contribution in [2.45, 2.75) is 30.7 Å². The van der Waals surface area contributed by atoms with E-state index in [1.54, 1.807) is 5.56 Å². The van der Waals surface area contributed by atoms with E-state index >= 15 is 0 Å². The first-order valence-electron chi connectivity index (χ1n) is 7.36. The van der Waals surface area contributed by atoms with Crippen LogP contribution in [0.2, 0.25) is 0 Å². The predicted molar refractivity (Wildman–Crippen MR) is 87.7 cm³/mol. The summed E-state index contributed by atoms with van der Waals surface area (Å²) in [7, 11) is 4.47. The maximum Gasteiger partial charge on any atom is 0.0127 e. The Morgan fingerprint density at radius 1 is 1.05 bits per heavy atom. The highest BCUT2D eigenvalue weighted by molar-refractivity contribution is 5.85. The summed E-state index contributed by atoms with van der Waals surface area (Å²) in [5.74, 6) is 0.892. The Hall–Kier alpha value is -1.05. The molecule has 2 aromatic carbocycles. The molecule has 2 aliphatic carbocycles. The maximum atomic E-state index is 2.44. The zero-order valence-electron chi connectivity index (χ0n) is 12.2. The first-order chi connectivity index (χ1) is 9.21. The molecule has 0 bridgehead atoms. The zero-order valence-corrected chi connectivity index (χ0v) is 13.0. The van der Waals surface area contributed by atoms with E-state index in [9.17, 15) is 0 Å². The second-order valence-electron chi connectivity index (χ2n) is 6.60. The average Bonchev–Trinajstić information content (AvgIpc) is 3.04. The van der Waals surface area contributed by atoms with E-state index < -0.39 is 0 Å². The largest absolute Gasteiger partial charge is 0.306 e. The highest BCUT2D eigenvalue weighted by Gasteiger charge is 2.62. The summed E-state index contributed by atoms with van der Waals surface area (Å²) in [6, 6.07) is 16.6. The van der Waals surface area contributed by atoms with Crippen LogP contribution >= 0.6 is 12.4 Å². The fourth-order valence-electron chi connectivity index (χ4n) is 4.33. The van der Waals surface area contributed by atoms with E-state index in [4.69, 9.17) is 0 Å². The summed E-state index contributed by atoms with van der Waals surface area (Å²) >= 11 is 0. The van der Waals surface area contributed by atoms with Crippen LogP contribution in [0.4, 0.5) is 0 Å². The van der Waals surface area contributed by atoms with Crippen molar-refractivity contribution in [3.8, 4) is 0 Å². The van der Waals surface area contributed by atoms with Crippen LogP contribution in [0.25, 0.3) is 10.8 Å². The smallest absolute Gasteiger partial charge is 0.0127 e. The van der Waals surface area contributed by atoms with E-state index in [1.807, 2.05) is 0 Å². The summed E-state index contributed by atoms with van der Waals surface area (Å²) in [5, 5.41) is 2.76. The first-order valence-corrected chi connectivity index (χ1v) is 7.36. The molecule has 0 spiro atoms. The van der Waals surface area contributed by atoms with E-state index in [0.29, 0.717) is 5.41 Å². The van der Waals surface area contributed by atoms with Gasteiger partial charge in [0.25, 0.3) is 0 Å². The normalized spacial score (nSPS) is 31.1. The molecule has 2 aromatic rings. The lowest BCUT2D eigenvalue weighted by atomic mass is 9.91. The minimum atomic E-state index is 0. The molecule has 2 saturated carbocycles. The van der Waals surface area contributed by atoms with Gasteiger partial charge in [-0.1, -0.05) is 42.5 Å². The minimum Gasteiger partial charge on any atom is -0.306 e. The van der Waals surface area contributed by atoms with Crippen molar-refractivity contribution < 1.29 is 0 Å². The van der Waals surface area contributed by atoms with Crippen LogP contribution in [-0.4, -0.2) is 25.0 Å². The van der Waals surface area contributed by atoms with Gasteiger partial charge in [-0.3, -0.25) is 0 Å². The molecule has 20 heavy (non-hydrogen) atoms. The Morgan fingerprint density at radius 3 is 2.45 bits per heavy atom. The summed E-state index contributed by atoms with van der Waals surface area (Å²) < 4.78 is 0. The van der Waals surface area contributed by atoms with Gasteiger partial charge in [-0.15, -0.1) is 12.4 Å². The summed E-state index contributed by atoms with van der Waals surface area (Å²) in [5.41, 5.74) is 2.10. The first kappa shape index (κ1) is 13.9. The molecule has 0 aliphatic heterocycles. The third-order valence-electron chi connectivity index (χ3n) is 5.47. The van der Waals surface area contributed by atoms with Crippen LogP contribution in [-0.2, 0) is 5.41 Å². The van der Waals surface area contributed by atoms with Crippen LogP contribution in [0.3, 0.4) is 0 Å². The molecule has 4 rings (SSSR count). The number of benzene rings is 2. The molecule has 1 nitrogen and oxygen atoms in total. The molecule has 0 amide bonds. The third kappa shape index (κ3) is 1.88. The lowest BCUT2D eigenvalue weighted by Crippen LogP contribution is -2.27. The lowest BCUT2D eigenvalue weighted by molar-refractivity contribution is 0.271. The van der Waals surface area contributed by atoms with Gasteiger partial charge in [0.15, 0.2) is 0 Å². The molecule has 3 unspecified atom stereocenters. The van der Waals surface area contributed by atoms with Crippen LogP contribution in [0.15, 0.2) is 42.5 Å². The van der Waals surface area contributed by atoms with Crippen LogP contribution < -0.4 is 0 Å². The second-order valence-corrected chi connectivity index (χ2v) is 6.60. The van der Waals surface area contributed by atoms with Gasteiger partial charge in [-0.2, -0.15) is 0 Å². The maximum absolute atomic E-state index is 2.44.